The highest BCUT2D eigenvalue weighted by Crippen LogP contribution is 2.43. The Bertz CT molecular complexity index is 548. The van der Waals surface area contributed by atoms with Crippen molar-refractivity contribution in [2.24, 2.45) is 10.8 Å². The van der Waals surface area contributed by atoms with Crippen LogP contribution in [0.4, 0.5) is 0 Å². The smallest absolute Gasteiger partial charge is 0.163 e. The lowest BCUT2D eigenvalue weighted by molar-refractivity contribution is -0.334. The Labute approximate surface area is 146 Å². The van der Waals surface area contributed by atoms with Gasteiger partial charge < -0.3 is 18.9 Å². The van der Waals surface area contributed by atoms with E-state index in [1.807, 2.05) is 38.1 Å². The largest absolute Gasteiger partial charge is 0.497 e. The van der Waals surface area contributed by atoms with Crippen LogP contribution in [0.5, 0.6) is 5.75 Å². The maximum absolute atomic E-state index is 6.27. The van der Waals surface area contributed by atoms with E-state index >= 15 is 0 Å². The molecule has 0 radical (unpaired) electrons. The monoisotopic (exact) mass is 336 g/mol. The second-order valence-corrected chi connectivity index (χ2v) is 8.51. The molecule has 2 rings (SSSR count). The summed E-state index contributed by atoms with van der Waals surface area (Å²) in [7, 11) is 1.68. The summed E-state index contributed by atoms with van der Waals surface area (Å²) in [6.45, 7) is 14.6. The first-order valence-corrected chi connectivity index (χ1v) is 8.58. The summed E-state index contributed by atoms with van der Waals surface area (Å²) in [6, 6.07) is 7.97. The minimum absolute atomic E-state index is 0.0547. The van der Waals surface area contributed by atoms with E-state index in [-0.39, 0.29) is 16.9 Å². The summed E-state index contributed by atoms with van der Waals surface area (Å²) >= 11 is 0. The van der Waals surface area contributed by atoms with Gasteiger partial charge in [0.15, 0.2) is 5.79 Å². The SMILES string of the molecule is COc1cccc(COCC(C)(C)C2OC(C)(C)OCC2(C)C)c1. The maximum Gasteiger partial charge on any atom is 0.163 e. The van der Waals surface area contributed by atoms with Gasteiger partial charge in [0.05, 0.1) is 33.0 Å². The first-order chi connectivity index (χ1) is 11.1. The molecule has 0 saturated carbocycles. The molecule has 0 aliphatic carbocycles. The number of rotatable bonds is 6. The summed E-state index contributed by atoms with van der Waals surface area (Å²) < 4.78 is 23.4. The molecular formula is C20H32O4. The van der Waals surface area contributed by atoms with Gasteiger partial charge in [-0.05, 0) is 31.5 Å². The molecule has 1 fully saturated rings. The molecule has 1 aliphatic heterocycles. The first-order valence-electron chi connectivity index (χ1n) is 8.58. The highest BCUT2D eigenvalue weighted by atomic mass is 16.7. The average molecular weight is 336 g/mol. The molecule has 1 aromatic carbocycles. The Hall–Kier alpha value is -1.10. The van der Waals surface area contributed by atoms with Gasteiger partial charge in [-0.2, -0.15) is 0 Å². The molecule has 1 unspecified atom stereocenters. The number of ether oxygens (including phenoxy) is 4. The van der Waals surface area contributed by atoms with Gasteiger partial charge in [-0.25, -0.2) is 0 Å². The van der Waals surface area contributed by atoms with Gasteiger partial charge in [0.1, 0.15) is 5.75 Å². The molecule has 0 spiro atoms. The summed E-state index contributed by atoms with van der Waals surface area (Å²) in [4.78, 5) is 0. The van der Waals surface area contributed by atoms with Gasteiger partial charge in [0.25, 0.3) is 0 Å². The molecule has 1 heterocycles. The molecule has 24 heavy (non-hydrogen) atoms. The highest BCUT2D eigenvalue weighted by Gasteiger charge is 2.49. The maximum atomic E-state index is 6.27. The van der Waals surface area contributed by atoms with Crippen molar-refractivity contribution in [1.82, 2.24) is 0 Å². The van der Waals surface area contributed by atoms with Crippen molar-refractivity contribution >= 4 is 0 Å². The van der Waals surface area contributed by atoms with Crippen LogP contribution in [0.3, 0.4) is 0 Å². The molecule has 0 aromatic heterocycles. The normalized spacial score (nSPS) is 23.0. The van der Waals surface area contributed by atoms with Crippen molar-refractivity contribution in [3.8, 4) is 5.75 Å². The van der Waals surface area contributed by atoms with Crippen LogP contribution < -0.4 is 4.74 Å². The molecule has 4 nitrogen and oxygen atoms in total. The predicted octanol–water partition coefficient (Wildman–Crippen LogP) is 4.42. The van der Waals surface area contributed by atoms with E-state index in [2.05, 4.69) is 27.7 Å². The Balaban J connectivity index is 1.99. The topological polar surface area (TPSA) is 36.9 Å². The lowest BCUT2D eigenvalue weighted by atomic mass is 9.71. The van der Waals surface area contributed by atoms with E-state index in [0.29, 0.717) is 19.8 Å². The number of methoxy groups -OCH3 is 1. The molecule has 1 atom stereocenters. The number of benzene rings is 1. The zero-order chi connectivity index (χ0) is 18.0. The molecule has 1 aromatic rings. The Morgan fingerprint density at radius 3 is 2.58 bits per heavy atom. The summed E-state index contributed by atoms with van der Waals surface area (Å²) in [6.07, 6.45) is 0.0547. The molecule has 0 amide bonds. The lowest BCUT2D eigenvalue weighted by Gasteiger charge is -2.51. The van der Waals surface area contributed by atoms with Crippen molar-refractivity contribution < 1.29 is 18.9 Å². The van der Waals surface area contributed by atoms with Crippen molar-refractivity contribution in [3.05, 3.63) is 29.8 Å². The molecular weight excluding hydrogens is 304 g/mol. The number of hydrogen-bond donors (Lipinski definition) is 0. The molecule has 1 aliphatic rings. The first kappa shape index (κ1) is 19.2. The van der Waals surface area contributed by atoms with Gasteiger partial charge in [-0.15, -0.1) is 0 Å². The second kappa shape index (κ2) is 7.03. The van der Waals surface area contributed by atoms with Crippen LogP contribution in [0.15, 0.2) is 24.3 Å². The van der Waals surface area contributed by atoms with E-state index in [4.69, 9.17) is 18.9 Å². The van der Waals surface area contributed by atoms with E-state index in [1.54, 1.807) is 7.11 Å². The highest BCUT2D eigenvalue weighted by molar-refractivity contribution is 5.27. The number of hydrogen-bond acceptors (Lipinski definition) is 4. The van der Waals surface area contributed by atoms with Crippen LogP contribution in [-0.2, 0) is 20.8 Å². The van der Waals surface area contributed by atoms with Crippen LogP contribution in [0.2, 0.25) is 0 Å². The second-order valence-electron chi connectivity index (χ2n) is 8.51. The fourth-order valence-electron chi connectivity index (χ4n) is 3.40. The Morgan fingerprint density at radius 1 is 1.21 bits per heavy atom. The van der Waals surface area contributed by atoms with Gasteiger partial charge in [-0.1, -0.05) is 39.8 Å². The zero-order valence-electron chi connectivity index (χ0n) is 16.1. The molecule has 1 saturated heterocycles. The summed E-state index contributed by atoms with van der Waals surface area (Å²) in [5.41, 5.74) is 0.930. The van der Waals surface area contributed by atoms with Gasteiger partial charge in [0, 0.05) is 10.8 Å². The van der Waals surface area contributed by atoms with Gasteiger partial charge >= 0.3 is 0 Å². The Kier molecular flexibility index (Phi) is 5.63. The van der Waals surface area contributed by atoms with Crippen LogP contribution in [0.25, 0.3) is 0 Å². The van der Waals surface area contributed by atoms with E-state index in [1.165, 1.54) is 0 Å². The third-order valence-electron chi connectivity index (χ3n) is 4.49. The third kappa shape index (κ3) is 4.71. The molecule has 4 heteroatoms. The van der Waals surface area contributed by atoms with Crippen molar-refractivity contribution in [2.45, 2.75) is 60.0 Å². The summed E-state index contributed by atoms with van der Waals surface area (Å²) in [5, 5.41) is 0. The minimum atomic E-state index is -0.551. The van der Waals surface area contributed by atoms with Crippen molar-refractivity contribution in [3.63, 3.8) is 0 Å². The predicted molar refractivity (Wildman–Crippen MR) is 95.1 cm³/mol. The van der Waals surface area contributed by atoms with Crippen LogP contribution in [0.1, 0.15) is 47.1 Å². The van der Waals surface area contributed by atoms with Gasteiger partial charge in [0.2, 0.25) is 0 Å². The van der Waals surface area contributed by atoms with Crippen LogP contribution in [0, 0.1) is 10.8 Å². The summed E-state index contributed by atoms with van der Waals surface area (Å²) in [5.74, 6) is 0.301. The van der Waals surface area contributed by atoms with Crippen molar-refractivity contribution in [2.75, 3.05) is 20.3 Å². The zero-order valence-corrected chi connectivity index (χ0v) is 16.1. The molecule has 0 bridgehead atoms. The van der Waals surface area contributed by atoms with Crippen LogP contribution >= 0.6 is 0 Å². The van der Waals surface area contributed by atoms with E-state index in [9.17, 15) is 0 Å². The van der Waals surface area contributed by atoms with Crippen LogP contribution in [-0.4, -0.2) is 32.2 Å². The van der Waals surface area contributed by atoms with Gasteiger partial charge in [-0.3, -0.25) is 0 Å². The fraction of sp³-hybridized carbons (Fsp3) is 0.700. The Morgan fingerprint density at radius 2 is 1.92 bits per heavy atom. The molecule has 0 N–H and O–H groups in total. The standard InChI is InChI=1S/C20H32O4/c1-18(2,17-19(3,4)14-23-20(5,6)24-17)13-22-12-15-9-8-10-16(11-15)21-7/h8-11,17H,12-14H2,1-7H3. The van der Waals surface area contributed by atoms with E-state index in [0.717, 1.165) is 11.3 Å². The quantitative estimate of drug-likeness (QED) is 0.771. The van der Waals surface area contributed by atoms with Crippen molar-refractivity contribution in [1.29, 1.82) is 0 Å². The average Bonchev–Trinajstić information content (AvgIpc) is 2.50. The lowest BCUT2D eigenvalue weighted by Crippen LogP contribution is -2.57. The van der Waals surface area contributed by atoms with E-state index < -0.39 is 5.79 Å². The third-order valence-corrected chi connectivity index (χ3v) is 4.49. The fourth-order valence-corrected chi connectivity index (χ4v) is 3.40. The minimum Gasteiger partial charge on any atom is -0.497 e. The molecule has 136 valence electrons.